The molecule has 3 nitrogen and oxygen atoms in total. The van der Waals surface area contributed by atoms with Crippen molar-refractivity contribution in [2.45, 2.75) is 9.79 Å². The van der Waals surface area contributed by atoms with Crippen LogP contribution in [0.4, 0.5) is 0 Å². The monoisotopic (exact) mass is 280 g/mol. The fourth-order valence-electron chi connectivity index (χ4n) is 1.88. The van der Waals surface area contributed by atoms with Crippen molar-refractivity contribution in [1.29, 1.82) is 0 Å². The number of benzene rings is 2. The molecule has 1 heterocycles. The van der Waals surface area contributed by atoms with Crippen molar-refractivity contribution < 1.29 is 0 Å². The predicted octanol–water partition coefficient (Wildman–Crippen LogP) is 3.59. The summed E-state index contributed by atoms with van der Waals surface area (Å²) in [5, 5.41) is 6.69. The maximum Gasteiger partial charge on any atom is 0.265 e. The number of hydrogen-bond acceptors (Lipinski definition) is 3. The van der Waals surface area contributed by atoms with Gasteiger partial charge in [-0.3, -0.25) is 4.79 Å². The second kappa shape index (κ2) is 5.75. The van der Waals surface area contributed by atoms with Gasteiger partial charge in [0.05, 0.1) is 0 Å². The molecule has 0 aliphatic heterocycles. The molecule has 3 aromatic rings. The molecule has 0 atom stereocenters. The molecule has 1 aromatic heterocycles. The highest BCUT2D eigenvalue weighted by atomic mass is 32.2. The minimum Gasteiger partial charge on any atom is -0.268 e. The molecule has 0 saturated carbocycles. The van der Waals surface area contributed by atoms with Crippen LogP contribution >= 0.6 is 11.8 Å². The molecular weight excluding hydrogens is 268 g/mol. The first-order chi connectivity index (χ1) is 9.83. The lowest BCUT2D eigenvalue weighted by atomic mass is 10.1. The third kappa shape index (κ3) is 2.81. The highest BCUT2D eigenvalue weighted by Gasteiger charge is 2.09. The van der Waals surface area contributed by atoms with Gasteiger partial charge in [-0.15, -0.1) is 0 Å². The first-order valence-corrected chi connectivity index (χ1v) is 7.02. The number of nitrogens with zero attached hydrogens (tertiary/aromatic N) is 1. The summed E-state index contributed by atoms with van der Waals surface area (Å²) >= 11 is 1.54. The highest BCUT2D eigenvalue weighted by Crippen LogP contribution is 2.33. The molecule has 3 rings (SSSR count). The molecule has 0 aliphatic carbocycles. The van der Waals surface area contributed by atoms with Crippen LogP contribution in [0.2, 0.25) is 0 Å². The van der Waals surface area contributed by atoms with Crippen LogP contribution in [0.1, 0.15) is 0 Å². The molecule has 0 saturated heterocycles. The first kappa shape index (κ1) is 12.7. The Bertz CT molecular complexity index is 754. The van der Waals surface area contributed by atoms with Gasteiger partial charge in [-0.1, -0.05) is 60.3 Å². The third-order valence-corrected chi connectivity index (χ3v) is 3.83. The van der Waals surface area contributed by atoms with E-state index in [9.17, 15) is 4.79 Å². The summed E-state index contributed by atoms with van der Waals surface area (Å²) in [7, 11) is 0. The molecule has 0 radical (unpaired) electrons. The molecule has 1 N–H and O–H groups in total. The molecule has 0 spiro atoms. The largest absolute Gasteiger partial charge is 0.268 e. The second-order valence-electron chi connectivity index (χ2n) is 4.23. The average molecular weight is 280 g/mol. The zero-order chi connectivity index (χ0) is 13.8. The van der Waals surface area contributed by atoms with Gasteiger partial charge in [0.1, 0.15) is 5.69 Å². The molecule has 98 valence electrons. The van der Waals surface area contributed by atoms with E-state index in [1.165, 1.54) is 0 Å². The quantitative estimate of drug-likeness (QED) is 0.797. The molecule has 0 bridgehead atoms. The predicted molar refractivity (Wildman–Crippen MR) is 80.9 cm³/mol. The van der Waals surface area contributed by atoms with E-state index in [1.807, 2.05) is 60.7 Å². The van der Waals surface area contributed by atoms with Gasteiger partial charge in [0.15, 0.2) is 0 Å². The van der Waals surface area contributed by atoms with Crippen molar-refractivity contribution in [2.24, 2.45) is 0 Å². The number of rotatable bonds is 3. The Balaban J connectivity index is 2.06. The third-order valence-electron chi connectivity index (χ3n) is 2.79. The van der Waals surface area contributed by atoms with E-state index in [0.717, 1.165) is 21.0 Å². The van der Waals surface area contributed by atoms with Gasteiger partial charge in [0.2, 0.25) is 0 Å². The van der Waals surface area contributed by atoms with Gasteiger partial charge in [0.25, 0.3) is 5.56 Å². The van der Waals surface area contributed by atoms with Gasteiger partial charge in [-0.25, -0.2) is 5.10 Å². The summed E-state index contributed by atoms with van der Waals surface area (Å²) in [6, 6.07) is 21.4. The zero-order valence-electron chi connectivity index (χ0n) is 10.6. The molecular formula is C16H12N2OS. The van der Waals surface area contributed by atoms with Crippen molar-refractivity contribution in [2.75, 3.05) is 0 Å². The lowest BCUT2D eigenvalue weighted by Gasteiger charge is -2.07. The van der Waals surface area contributed by atoms with E-state index in [0.29, 0.717) is 0 Å². The Morgan fingerprint density at radius 1 is 0.900 bits per heavy atom. The smallest absolute Gasteiger partial charge is 0.265 e. The summed E-state index contributed by atoms with van der Waals surface area (Å²) in [4.78, 5) is 13.5. The summed E-state index contributed by atoms with van der Waals surface area (Å²) in [5.74, 6) is 0. The lowest BCUT2D eigenvalue weighted by molar-refractivity contribution is 0.965. The molecule has 4 heteroatoms. The molecule has 20 heavy (non-hydrogen) atoms. The molecule has 2 aromatic carbocycles. The van der Waals surface area contributed by atoms with Gasteiger partial charge in [-0.2, -0.15) is 5.10 Å². The fraction of sp³-hybridized carbons (Fsp3) is 0. The lowest BCUT2D eigenvalue weighted by Crippen LogP contribution is -2.08. The topological polar surface area (TPSA) is 45.8 Å². The van der Waals surface area contributed by atoms with Gasteiger partial charge in [-0.05, 0) is 12.1 Å². The van der Waals surface area contributed by atoms with Crippen molar-refractivity contribution in [3.05, 3.63) is 77.1 Å². The molecule has 0 fully saturated rings. The van der Waals surface area contributed by atoms with Crippen LogP contribution in [0.5, 0.6) is 0 Å². The highest BCUT2D eigenvalue weighted by molar-refractivity contribution is 7.99. The summed E-state index contributed by atoms with van der Waals surface area (Å²) in [6.45, 7) is 0. The normalized spacial score (nSPS) is 10.4. The van der Waals surface area contributed by atoms with Crippen molar-refractivity contribution in [3.63, 3.8) is 0 Å². The van der Waals surface area contributed by atoms with Crippen LogP contribution in [0, 0.1) is 0 Å². The molecule has 0 amide bonds. The number of hydrogen-bond donors (Lipinski definition) is 1. The maximum absolute atomic E-state index is 11.5. The van der Waals surface area contributed by atoms with Crippen LogP contribution in [0.25, 0.3) is 11.3 Å². The number of aromatic amines is 1. The van der Waals surface area contributed by atoms with E-state index < -0.39 is 0 Å². The summed E-state index contributed by atoms with van der Waals surface area (Å²) in [5.41, 5.74) is 1.59. The SMILES string of the molecule is O=c1cc(Sc2ccccc2)c(-c2ccccc2)n[nH]1. The van der Waals surface area contributed by atoms with Gasteiger partial charge in [0, 0.05) is 21.4 Å². The van der Waals surface area contributed by atoms with Crippen molar-refractivity contribution in [1.82, 2.24) is 10.2 Å². The van der Waals surface area contributed by atoms with E-state index in [4.69, 9.17) is 0 Å². The second-order valence-corrected chi connectivity index (χ2v) is 5.34. The van der Waals surface area contributed by atoms with Crippen molar-refractivity contribution in [3.8, 4) is 11.3 Å². The Kier molecular flexibility index (Phi) is 3.65. The fourth-order valence-corrected chi connectivity index (χ4v) is 2.86. The Labute approximate surface area is 120 Å². The van der Waals surface area contributed by atoms with Crippen LogP contribution in [0.15, 0.2) is 81.3 Å². The minimum absolute atomic E-state index is 0.192. The molecule has 0 unspecified atom stereocenters. The van der Waals surface area contributed by atoms with Crippen LogP contribution in [-0.2, 0) is 0 Å². The minimum atomic E-state index is -0.192. The first-order valence-electron chi connectivity index (χ1n) is 6.21. The van der Waals surface area contributed by atoms with E-state index in [2.05, 4.69) is 10.2 Å². The van der Waals surface area contributed by atoms with E-state index in [1.54, 1.807) is 17.8 Å². The maximum atomic E-state index is 11.5. The van der Waals surface area contributed by atoms with Gasteiger partial charge >= 0.3 is 0 Å². The Hall–Kier alpha value is -2.33. The van der Waals surface area contributed by atoms with E-state index >= 15 is 0 Å². The van der Waals surface area contributed by atoms with Gasteiger partial charge < -0.3 is 0 Å². The zero-order valence-corrected chi connectivity index (χ0v) is 11.4. The summed E-state index contributed by atoms with van der Waals surface area (Å²) < 4.78 is 0. The Morgan fingerprint density at radius 3 is 2.25 bits per heavy atom. The number of H-pyrrole nitrogens is 1. The van der Waals surface area contributed by atoms with Crippen LogP contribution in [0.3, 0.4) is 0 Å². The summed E-state index contributed by atoms with van der Waals surface area (Å²) in [6.07, 6.45) is 0. The van der Waals surface area contributed by atoms with E-state index in [-0.39, 0.29) is 5.56 Å². The number of aromatic nitrogens is 2. The number of nitrogens with one attached hydrogen (secondary N) is 1. The van der Waals surface area contributed by atoms with Crippen LogP contribution < -0.4 is 5.56 Å². The molecule has 0 aliphatic rings. The van der Waals surface area contributed by atoms with Crippen molar-refractivity contribution >= 4 is 11.8 Å². The average Bonchev–Trinajstić information content (AvgIpc) is 2.49. The Morgan fingerprint density at radius 2 is 1.55 bits per heavy atom. The standard InChI is InChI=1S/C16H12N2OS/c19-15-11-14(20-13-9-5-2-6-10-13)16(18-17-15)12-7-3-1-4-8-12/h1-11H,(H,17,19). The van der Waals surface area contributed by atoms with Crippen LogP contribution in [-0.4, -0.2) is 10.2 Å².